The van der Waals surface area contributed by atoms with Gasteiger partial charge in [0.15, 0.2) is 5.69 Å². The highest BCUT2D eigenvalue weighted by atomic mass is 19.1. The summed E-state index contributed by atoms with van der Waals surface area (Å²) in [5.41, 5.74) is 3.20. The summed E-state index contributed by atoms with van der Waals surface area (Å²) in [7, 11) is 0. The lowest BCUT2D eigenvalue weighted by atomic mass is 10.0. The Hall–Kier alpha value is -5.10. The van der Waals surface area contributed by atoms with Crippen LogP contribution in [-0.4, -0.2) is 27.3 Å². The maximum Gasteiger partial charge on any atom is 0.335 e. The molecule has 0 aliphatic heterocycles. The summed E-state index contributed by atoms with van der Waals surface area (Å²) in [5, 5.41) is 9.31. The highest BCUT2D eigenvalue weighted by Crippen LogP contribution is 2.28. The first-order chi connectivity index (χ1) is 19.4. The number of carboxylic acids is 1. The average Bonchev–Trinajstić information content (AvgIpc) is 3.29. The second-order valence-corrected chi connectivity index (χ2v) is 9.06. The maximum atomic E-state index is 15.3. The molecule has 5 rings (SSSR count). The molecular weight excluding hydrogens is 519 g/mol. The molecule has 1 aromatic heterocycles. The number of aromatic nitrogens is 2. The number of hydrogen-bond donors (Lipinski definition) is 1. The molecule has 1 heterocycles. The predicted octanol–water partition coefficient (Wildman–Crippen LogP) is 7.37. The van der Waals surface area contributed by atoms with Gasteiger partial charge in [-0.15, -0.1) is 0 Å². The second kappa shape index (κ2) is 11.3. The fourth-order valence-electron chi connectivity index (χ4n) is 4.46. The third-order valence-electron chi connectivity index (χ3n) is 6.51. The number of hydrogen-bond acceptors (Lipinski definition) is 3. The minimum atomic E-state index is -1.10. The van der Waals surface area contributed by atoms with Crippen LogP contribution in [0.25, 0.3) is 27.0 Å². The van der Waals surface area contributed by atoms with Crippen LogP contribution < -0.4 is 4.74 Å². The lowest BCUT2D eigenvalue weighted by Crippen LogP contribution is -2.07. The van der Waals surface area contributed by atoms with Crippen LogP contribution in [0.4, 0.5) is 18.9 Å². The summed E-state index contributed by atoms with van der Waals surface area (Å²) >= 11 is 0. The number of fused-ring (bicyclic) bond motifs is 1. The SMILES string of the molecule is [C-]#[N+]c1ccc(COc2cccc(-c3ccc(Cc4nc5ccc(C(=O)O)cc5n4CCF)c(F)c3)c2)c(F)c1. The van der Waals surface area contributed by atoms with E-state index >= 15 is 4.39 Å². The van der Waals surface area contributed by atoms with Crippen molar-refractivity contribution >= 4 is 22.7 Å². The van der Waals surface area contributed by atoms with E-state index in [2.05, 4.69) is 9.83 Å². The fraction of sp³-hybridized carbons (Fsp3) is 0.129. The molecule has 200 valence electrons. The van der Waals surface area contributed by atoms with Crippen molar-refractivity contribution in [2.75, 3.05) is 6.67 Å². The molecule has 0 amide bonds. The van der Waals surface area contributed by atoms with Crippen LogP contribution in [0.1, 0.15) is 27.3 Å². The topological polar surface area (TPSA) is 68.7 Å². The van der Waals surface area contributed by atoms with Crippen molar-refractivity contribution in [1.82, 2.24) is 9.55 Å². The van der Waals surface area contributed by atoms with E-state index in [4.69, 9.17) is 11.3 Å². The number of benzene rings is 4. The van der Waals surface area contributed by atoms with E-state index in [1.807, 2.05) is 0 Å². The van der Waals surface area contributed by atoms with Crippen LogP contribution in [0, 0.1) is 18.2 Å². The van der Waals surface area contributed by atoms with Crippen LogP contribution in [0.3, 0.4) is 0 Å². The second-order valence-electron chi connectivity index (χ2n) is 9.06. The highest BCUT2D eigenvalue weighted by Gasteiger charge is 2.16. The summed E-state index contributed by atoms with van der Waals surface area (Å²) in [6.07, 6.45) is 0.0875. The zero-order chi connectivity index (χ0) is 28.2. The molecule has 0 unspecified atom stereocenters. The van der Waals surface area contributed by atoms with Crippen molar-refractivity contribution in [3.63, 3.8) is 0 Å². The van der Waals surface area contributed by atoms with Gasteiger partial charge in [-0.05, 0) is 59.2 Å². The van der Waals surface area contributed by atoms with Gasteiger partial charge in [-0.25, -0.2) is 27.8 Å². The van der Waals surface area contributed by atoms with Crippen molar-refractivity contribution in [2.24, 2.45) is 0 Å². The van der Waals surface area contributed by atoms with E-state index in [1.54, 1.807) is 47.0 Å². The average molecular weight is 542 g/mol. The maximum absolute atomic E-state index is 15.3. The highest BCUT2D eigenvalue weighted by molar-refractivity contribution is 5.92. The summed E-state index contributed by atoms with van der Waals surface area (Å²) in [6, 6.07) is 20.4. The molecule has 0 radical (unpaired) electrons. The molecule has 0 aliphatic rings. The Kier molecular flexibility index (Phi) is 7.51. The quantitative estimate of drug-likeness (QED) is 0.198. The Morgan fingerprint density at radius 1 is 0.950 bits per heavy atom. The van der Waals surface area contributed by atoms with Gasteiger partial charge in [0.2, 0.25) is 0 Å². The van der Waals surface area contributed by atoms with Gasteiger partial charge in [-0.2, -0.15) is 0 Å². The Bertz CT molecular complexity index is 1780. The Morgan fingerprint density at radius 3 is 2.45 bits per heavy atom. The molecular formula is C31H22F3N3O3. The summed E-state index contributed by atoms with van der Waals surface area (Å²) < 4.78 is 50.1. The molecule has 6 nitrogen and oxygen atoms in total. The van der Waals surface area contributed by atoms with E-state index in [-0.39, 0.29) is 30.8 Å². The first-order valence-electron chi connectivity index (χ1n) is 12.3. The molecule has 0 fully saturated rings. The van der Waals surface area contributed by atoms with E-state index in [9.17, 15) is 18.7 Å². The normalized spacial score (nSPS) is 10.9. The van der Waals surface area contributed by atoms with E-state index in [1.165, 1.54) is 30.3 Å². The Morgan fingerprint density at radius 2 is 1.73 bits per heavy atom. The number of carboxylic acid groups (broad SMARTS) is 1. The molecule has 0 spiro atoms. The monoisotopic (exact) mass is 541 g/mol. The molecule has 4 aromatic carbocycles. The molecule has 0 saturated heterocycles. The number of halogens is 3. The number of aryl methyl sites for hydroxylation is 1. The summed E-state index contributed by atoms with van der Waals surface area (Å²) in [6.45, 7) is 6.22. The Balaban J connectivity index is 1.36. The molecule has 0 aliphatic carbocycles. The first kappa shape index (κ1) is 26.5. The number of imidazole rings is 1. The number of nitrogens with zero attached hydrogens (tertiary/aromatic N) is 3. The smallest absolute Gasteiger partial charge is 0.335 e. The third-order valence-corrected chi connectivity index (χ3v) is 6.51. The minimum absolute atomic E-state index is 0.0327. The van der Waals surface area contributed by atoms with Crippen molar-refractivity contribution < 1.29 is 27.8 Å². The largest absolute Gasteiger partial charge is 0.489 e. The third kappa shape index (κ3) is 5.52. The summed E-state index contributed by atoms with van der Waals surface area (Å²) in [5.74, 6) is -1.21. The number of rotatable bonds is 9. The van der Waals surface area contributed by atoms with Crippen LogP contribution in [0.2, 0.25) is 0 Å². The number of aromatic carboxylic acids is 1. The molecule has 0 atom stereocenters. The van der Waals surface area contributed by atoms with E-state index in [0.717, 1.165) is 6.07 Å². The fourth-order valence-corrected chi connectivity index (χ4v) is 4.46. The first-order valence-corrected chi connectivity index (χ1v) is 12.3. The lowest BCUT2D eigenvalue weighted by Gasteiger charge is -2.11. The van der Waals surface area contributed by atoms with Crippen LogP contribution in [-0.2, 0) is 19.6 Å². The van der Waals surface area contributed by atoms with Crippen molar-refractivity contribution in [3.8, 4) is 16.9 Å². The van der Waals surface area contributed by atoms with E-state index < -0.39 is 24.3 Å². The van der Waals surface area contributed by atoms with Gasteiger partial charge in [0, 0.05) is 12.0 Å². The van der Waals surface area contributed by atoms with Gasteiger partial charge in [0.05, 0.1) is 29.7 Å². The lowest BCUT2D eigenvalue weighted by molar-refractivity contribution is 0.0697. The zero-order valence-electron chi connectivity index (χ0n) is 21.1. The predicted molar refractivity (Wildman–Crippen MR) is 144 cm³/mol. The minimum Gasteiger partial charge on any atom is -0.489 e. The van der Waals surface area contributed by atoms with Crippen molar-refractivity contribution in [3.05, 3.63) is 124 Å². The molecule has 0 saturated carbocycles. The molecule has 9 heteroatoms. The van der Waals surface area contributed by atoms with Gasteiger partial charge < -0.3 is 14.4 Å². The number of alkyl halides is 1. The molecule has 1 N–H and O–H groups in total. The van der Waals surface area contributed by atoms with Crippen LogP contribution in [0.5, 0.6) is 5.75 Å². The van der Waals surface area contributed by atoms with Gasteiger partial charge in [0.25, 0.3) is 0 Å². The van der Waals surface area contributed by atoms with Gasteiger partial charge >= 0.3 is 5.97 Å². The molecule has 0 bridgehead atoms. The van der Waals surface area contributed by atoms with E-state index in [0.29, 0.717) is 44.9 Å². The zero-order valence-corrected chi connectivity index (χ0v) is 21.1. The number of ether oxygens (including phenoxy) is 1. The van der Waals surface area contributed by atoms with Gasteiger partial charge in [-0.3, -0.25) is 0 Å². The number of carbonyl (C=O) groups is 1. The van der Waals surface area contributed by atoms with Gasteiger partial charge in [-0.1, -0.05) is 36.4 Å². The Labute approximate surface area is 227 Å². The van der Waals surface area contributed by atoms with Crippen molar-refractivity contribution in [1.29, 1.82) is 0 Å². The summed E-state index contributed by atoms with van der Waals surface area (Å²) in [4.78, 5) is 19.1. The van der Waals surface area contributed by atoms with Gasteiger partial charge in [0.1, 0.15) is 36.5 Å². The standard InChI is InChI=1S/C31H22F3N3O3/c1-35-24-9-7-23(27(34)17-24)18-40-25-4-2-3-19(13-25)20-5-6-21(26(33)14-20)16-30-36-28-10-8-22(31(38)39)15-29(28)37(30)12-11-32/h2-10,13-15,17H,11-12,16,18H2,(H,38,39). The molecule has 40 heavy (non-hydrogen) atoms. The van der Waals surface area contributed by atoms with Crippen molar-refractivity contribution in [2.45, 2.75) is 19.6 Å². The van der Waals surface area contributed by atoms with Crippen LogP contribution in [0.15, 0.2) is 78.9 Å². The van der Waals surface area contributed by atoms with Crippen LogP contribution >= 0.6 is 0 Å². The molecule has 5 aromatic rings.